The van der Waals surface area contributed by atoms with E-state index in [4.69, 9.17) is 0 Å². The third-order valence-corrected chi connectivity index (χ3v) is 3.32. The molecular formula is C15H11N5. The normalized spacial score (nSPS) is 13.9. The fourth-order valence-electron chi connectivity index (χ4n) is 2.32. The molecule has 0 unspecified atom stereocenters. The molecule has 5 heteroatoms. The highest BCUT2D eigenvalue weighted by molar-refractivity contribution is 6.15. The Morgan fingerprint density at radius 1 is 1.20 bits per heavy atom. The van der Waals surface area contributed by atoms with Crippen LogP contribution < -0.4 is 0 Å². The second kappa shape index (κ2) is 4.38. The Hall–Kier alpha value is -2.82. The summed E-state index contributed by atoms with van der Waals surface area (Å²) in [4.78, 5) is 12.8. The number of H-pyrrole nitrogens is 1. The van der Waals surface area contributed by atoms with Gasteiger partial charge in [0.1, 0.15) is 5.69 Å². The summed E-state index contributed by atoms with van der Waals surface area (Å²) >= 11 is 0. The summed E-state index contributed by atoms with van der Waals surface area (Å²) in [6.45, 7) is 0.726. The van der Waals surface area contributed by atoms with Crippen molar-refractivity contribution in [3.8, 4) is 11.3 Å². The van der Waals surface area contributed by atoms with E-state index in [1.54, 1.807) is 12.4 Å². The summed E-state index contributed by atoms with van der Waals surface area (Å²) in [5.41, 5.74) is 4.79. The van der Waals surface area contributed by atoms with E-state index in [1.165, 1.54) is 0 Å². The molecule has 0 saturated carbocycles. The molecule has 1 aliphatic rings. The van der Waals surface area contributed by atoms with Gasteiger partial charge in [-0.25, -0.2) is 0 Å². The average Bonchev–Trinajstić information content (AvgIpc) is 3.16. The van der Waals surface area contributed by atoms with Crippen LogP contribution in [-0.2, 0) is 0 Å². The first-order chi connectivity index (χ1) is 9.92. The van der Waals surface area contributed by atoms with Crippen molar-refractivity contribution in [2.24, 2.45) is 4.99 Å². The molecular weight excluding hydrogens is 250 g/mol. The van der Waals surface area contributed by atoms with E-state index in [0.29, 0.717) is 0 Å². The summed E-state index contributed by atoms with van der Waals surface area (Å²) in [5, 5.41) is 8.44. The van der Waals surface area contributed by atoms with Gasteiger partial charge >= 0.3 is 0 Å². The van der Waals surface area contributed by atoms with E-state index in [0.717, 1.165) is 40.0 Å². The lowest BCUT2D eigenvalue weighted by molar-refractivity contribution is 1.10. The molecule has 4 rings (SSSR count). The molecule has 3 aromatic heterocycles. The van der Waals surface area contributed by atoms with Gasteiger partial charge in [-0.3, -0.25) is 20.1 Å². The number of aromatic amines is 1. The van der Waals surface area contributed by atoms with Crippen LogP contribution in [0.4, 0.5) is 0 Å². The van der Waals surface area contributed by atoms with E-state index in [2.05, 4.69) is 31.2 Å². The van der Waals surface area contributed by atoms with Crippen LogP contribution in [0.2, 0.25) is 0 Å². The number of rotatable bonds is 2. The second-order valence-electron chi connectivity index (χ2n) is 4.58. The molecule has 0 fully saturated rings. The largest absolute Gasteiger partial charge is 0.288 e. The number of hydrogen-bond acceptors (Lipinski definition) is 4. The molecule has 20 heavy (non-hydrogen) atoms. The molecule has 4 heterocycles. The van der Waals surface area contributed by atoms with Crippen LogP contribution in [0.25, 0.3) is 27.7 Å². The van der Waals surface area contributed by atoms with Crippen LogP contribution in [0.3, 0.4) is 0 Å². The molecule has 3 aromatic rings. The van der Waals surface area contributed by atoms with Crippen molar-refractivity contribution >= 4 is 22.7 Å². The summed E-state index contributed by atoms with van der Waals surface area (Å²) in [5.74, 6) is 0. The fourth-order valence-corrected chi connectivity index (χ4v) is 2.32. The third-order valence-electron chi connectivity index (χ3n) is 3.32. The molecule has 96 valence electrons. The number of hydrogen-bond donors (Lipinski definition) is 1. The number of fused-ring (bicyclic) bond motifs is 1. The van der Waals surface area contributed by atoms with Gasteiger partial charge in [0.25, 0.3) is 0 Å². The topological polar surface area (TPSA) is 66.8 Å². The molecule has 0 amide bonds. The molecule has 0 aromatic carbocycles. The number of nitrogens with one attached hydrogen (secondary N) is 1. The van der Waals surface area contributed by atoms with Gasteiger partial charge in [0.05, 0.1) is 24.0 Å². The minimum atomic E-state index is 0.726. The SMILES string of the molecule is C1=NCC=C1c1n[nH]c2cnc(-c3cccnc3)cc12. The molecule has 1 aliphatic heterocycles. The Morgan fingerprint density at radius 2 is 2.20 bits per heavy atom. The van der Waals surface area contributed by atoms with Crippen molar-refractivity contribution in [1.29, 1.82) is 0 Å². The van der Waals surface area contributed by atoms with Gasteiger partial charge < -0.3 is 0 Å². The monoisotopic (exact) mass is 261 g/mol. The second-order valence-corrected chi connectivity index (χ2v) is 4.58. The summed E-state index contributed by atoms with van der Waals surface area (Å²) in [6, 6.07) is 5.94. The lowest BCUT2D eigenvalue weighted by Gasteiger charge is -2.00. The number of allylic oxidation sites excluding steroid dienone is 1. The van der Waals surface area contributed by atoms with Gasteiger partial charge in [0, 0.05) is 35.1 Å². The number of pyridine rings is 2. The molecule has 0 atom stereocenters. The van der Waals surface area contributed by atoms with Crippen molar-refractivity contribution < 1.29 is 0 Å². The molecule has 1 N–H and O–H groups in total. The van der Waals surface area contributed by atoms with E-state index in [9.17, 15) is 0 Å². The number of aliphatic imine (C=N–C) groups is 1. The third kappa shape index (κ3) is 1.72. The Labute approximate surface area is 115 Å². The zero-order valence-electron chi connectivity index (χ0n) is 10.6. The van der Waals surface area contributed by atoms with Crippen molar-refractivity contribution in [2.45, 2.75) is 0 Å². The Bertz CT molecular complexity index is 830. The van der Waals surface area contributed by atoms with Gasteiger partial charge in [0.15, 0.2) is 0 Å². The van der Waals surface area contributed by atoms with Crippen LogP contribution in [-0.4, -0.2) is 32.9 Å². The van der Waals surface area contributed by atoms with Crippen molar-refractivity contribution in [3.05, 3.63) is 48.6 Å². The van der Waals surface area contributed by atoms with Gasteiger partial charge in [0.2, 0.25) is 0 Å². The molecule has 0 aliphatic carbocycles. The van der Waals surface area contributed by atoms with Crippen LogP contribution in [0.15, 0.2) is 47.9 Å². The van der Waals surface area contributed by atoms with Crippen LogP contribution in [0.1, 0.15) is 5.69 Å². The van der Waals surface area contributed by atoms with E-state index >= 15 is 0 Å². The lowest BCUT2D eigenvalue weighted by Crippen LogP contribution is -1.87. The Balaban J connectivity index is 1.90. The summed E-state index contributed by atoms with van der Waals surface area (Å²) in [6.07, 6.45) is 9.30. The number of aromatic nitrogens is 4. The predicted octanol–water partition coefficient (Wildman–Crippen LogP) is 2.49. The minimum Gasteiger partial charge on any atom is -0.288 e. The van der Waals surface area contributed by atoms with Crippen LogP contribution >= 0.6 is 0 Å². The van der Waals surface area contributed by atoms with Crippen molar-refractivity contribution in [2.75, 3.05) is 6.54 Å². The van der Waals surface area contributed by atoms with Crippen LogP contribution in [0.5, 0.6) is 0 Å². The highest BCUT2D eigenvalue weighted by Crippen LogP contribution is 2.26. The quantitative estimate of drug-likeness (QED) is 0.770. The zero-order valence-corrected chi connectivity index (χ0v) is 10.6. The van der Waals surface area contributed by atoms with E-state index < -0.39 is 0 Å². The molecule has 0 saturated heterocycles. The maximum Gasteiger partial charge on any atom is 0.101 e. The minimum absolute atomic E-state index is 0.726. The number of nitrogens with zero attached hydrogens (tertiary/aromatic N) is 4. The predicted molar refractivity (Wildman–Crippen MR) is 78.5 cm³/mol. The van der Waals surface area contributed by atoms with E-state index in [-0.39, 0.29) is 0 Å². The Morgan fingerprint density at radius 3 is 3.00 bits per heavy atom. The van der Waals surface area contributed by atoms with Gasteiger partial charge in [-0.05, 0) is 18.2 Å². The van der Waals surface area contributed by atoms with Crippen molar-refractivity contribution in [3.63, 3.8) is 0 Å². The van der Waals surface area contributed by atoms with Crippen LogP contribution in [0, 0.1) is 0 Å². The Kier molecular flexibility index (Phi) is 2.42. The maximum absolute atomic E-state index is 4.45. The van der Waals surface area contributed by atoms with Gasteiger partial charge in [-0.1, -0.05) is 6.08 Å². The standard InChI is InChI=1S/C15H11N5/c1-2-10(7-16-4-1)13-6-12-14(9-18-13)19-20-15(12)11-3-5-17-8-11/h1-4,6-9H,5H2,(H,19,20). The van der Waals surface area contributed by atoms with Crippen molar-refractivity contribution in [1.82, 2.24) is 20.2 Å². The first kappa shape index (κ1) is 11.0. The van der Waals surface area contributed by atoms with Gasteiger partial charge in [-0.15, -0.1) is 0 Å². The van der Waals surface area contributed by atoms with E-state index in [1.807, 2.05) is 30.6 Å². The molecule has 0 spiro atoms. The molecule has 5 nitrogen and oxygen atoms in total. The zero-order chi connectivity index (χ0) is 13.4. The first-order valence-corrected chi connectivity index (χ1v) is 6.37. The average molecular weight is 261 g/mol. The summed E-state index contributed by atoms with van der Waals surface area (Å²) in [7, 11) is 0. The molecule has 0 bridgehead atoms. The highest BCUT2D eigenvalue weighted by Gasteiger charge is 2.12. The lowest BCUT2D eigenvalue weighted by atomic mass is 10.1. The smallest absolute Gasteiger partial charge is 0.101 e. The van der Waals surface area contributed by atoms with Gasteiger partial charge in [-0.2, -0.15) is 5.10 Å². The maximum atomic E-state index is 4.45. The molecule has 0 radical (unpaired) electrons. The first-order valence-electron chi connectivity index (χ1n) is 6.37. The summed E-state index contributed by atoms with van der Waals surface area (Å²) < 4.78 is 0. The fraction of sp³-hybridized carbons (Fsp3) is 0.0667. The highest BCUT2D eigenvalue weighted by atomic mass is 15.1.